The van der Waals surface area contributed by atoms with Crippen LogP contribution in [0.2, 0.25) is 0 Å². The molecule has 2 nitrogen and oxygen atoms in total. The number of benzene rings is 1. The molecule has 0 bridgehead atoms. The number of ketones is 1. The number of Topliss-reactive ketones (excluding diaryl/α,β-unsaturated/α-hetero) is 1. The third-order valence-electron chi connectivity index (χ3n) is 1.80. The van der Waals surface area contributed by atoms with Crippen LogP contribution >= 0.6 is 31.9 Å². The SMILES string of the molecule is O=C(CBr)c1cc(O)c(Br)c(C(F)(F)F)c1. The highest BCUT2D eigenvalue weighted by Gasteiger charge is 2.35. The van der Waals surface area contributed by atoms with Crippen molar-refractivity contribution in [3.8, 4) is 5.75 Å². The summed E-state index contributed by atoms with van der Waals surface area (Å²) in [4.78, 5) is 11.2. The zero-order chi connectivity index (χ0) is 12.5. The fourth-order valence-electron chi connectivity index (χ4n) is 1.05. The first-order valence-corrected chi connectivity index (χ1v) is 5.87. The molecule has 0 heterocycles. The monoisotopic (exact) mass is 360 g/mol. The Kier molecular flexibility index (Phi) is 4.01. The Morgan fingerprint density at radius 3 is 2.38 bits per heavy atom. The van der Waals surface area contributed by atoms with Gasteiger partial charge in [0.25, 0.3) is 0 Å². The standard InChI is InChI=1S/C9H5Br2F3O2/c10-3-7(16)4-1-5(9(12,13)14)8(11)6(15)2-4/h1-2,15H,3H2. The molecular weight excluding hydrogens is 357 g/mol. The molecule has 1 N–H and O–H groups in total. The number of phenols is 1. The maximum Gasteiger partial charge on any atom is 0.417 e. The fourth-order valence-corrected chi connectivity index (χ4v) is 1.83. The first kappa shape index (κ1) is 13.5. The molecule has 0 radical (unpaired) electrons. The summed E-state index contributed by atoms with van der Waals surface area (Å²) in [6.45, 7) is 0. The van der Waals surface area contributed by atoms with E-state index in [1.165, 1.54) is 0 Å². The molecule has 0 unspecified atom stereocenters. The second-order valence-corrected chi connectivity index (χ2v) is 4.27. The topological polar surface area (TPSA) is 37.3 Å². The van der Waals surface area contributed by atoms with Gasteiger partial charge in [-0.25, -0.2) is 0 Å². The van der Waals surface area contributed by atoms with Crippen LogP contribution in [0.5, 0.6) is 5.75 Å². The lowest BCUT2D eigenvalue weighted by Crippen LogP contribution is -2.09. The lowest BCUT2D eigenvalue weighted by molar-refractivity contribution is -0.138. The summed E-state index contributed by atoms with van der Waals surface area (Å²) in [5.41, 5.74) is -1.26. The first-order chi connectivity index (χ1) is 7.27. The van der Waals surface area contributed by atoms with Gasteiger partial charge in [0.15, 0.2) is 5.78 Å². The van der Waals surface area contributed by atoms with Crippen molar-refractivity contribution in [1.29, 1.82) is 0 Å². The van der Waals surface area contributed by atoms with Crippen molar-refractivity contribution in [3.05, 3.63) is 27.7 Å². The van der Waals surface area contributed by atoms with Crippen LogP contribution in [0.3, 0.4) is 0 Å². The van der Waals surface area contributed by atoms with Gasteiger partial charge < -0.3 is 5.11 Å². The summed E-state index contributed by atoms with van der Waals surface area (Å²) in [5, 5.41) is 9.17. The summed E-state index contributed by atoms with van der Waals surface area (Å²) in [7, 11) is 0. The minimum absolute atomic E-state index is 0.106. The lowest BCUT2D eigenvalue weighted by atomic mass is 10.1. The highest BCUT2D eigenvalue weighted by Crippen LogP contribution is 2.40. The number of alkyl halides is 4. The van der Waals surface area contributed by atoms with Crippen molar-refractivity contribution >= 4 is 37.6 Å². The van der Waals surface area contributed by atoms with E-state index >= 15 is 0 Å². The van der Waals surface area contributed by atoms with Gasteiger partial charge in [-0.2, -0.15) is 13.2 Å². The normalized spacial score (nSPS) is 11.6. The van der Waals surface area contributed by atoms with Gasteiger partial charge in [-0.05, 0) is 28.1 Å². The zero-order valence-corrected chi connectivity index (χ0v) is 10.8. The minimum Gasteiger partial charge on any atom is -0.507 e. The van der Waals surface area contributed by atoms with Crippen molar-refractivity contribution in [2.24, 2.45) is 0 Å². The van der Waals surface area contributed by atoms with Crippen LogP contribution in [-0.4, -0.2) is 16.2 Å². The van der Waals surface area contributed by atoms with E-state index in [2.05, 4.69) is 31.9 Å². The van der Waals surface area contributed by atoms with Gasteiger partial charge in [0.2, 0.25) is 0 Å². The van der Waals surface area contributed by atoms with Crippen LogP contribution in [0.4, 0.5) is 13.2 Å². The minimum atomic E-state index is -4.63. The number of halogens is 5. The van der Waals surface area contributed by atoms with Crippen LogP contribution in [0.25, 0.3) is 0 Å². The van der Waals surface area contributed by atoms with Crippen molar-refractivity contribution in [3.63, 3.8) is 0 Å². The molecule has 0 aliphatic carbocycles. The van der Waals surface area contributed by atoms with Gasteiger partial charge in [-0.1, -0.05) is 15.9 Å². The average molecular weight is 362 g/mol. The molecule has 0 amide bonds. The molecule has 16 heavy (non-hydrogen) atoms. The first-order valence-electron chi connectivity index (χ1n) is 3.96. The maximum absolute atomic E-state index is 12.5. The summed E-state index contributed by atoms with van der Waals surface area (Å²) in [6, 6.07) is 1.69. The van der Waals surface area contributed by atoms with Crippen LogP contribution < -0.4 is 0 Å². The van der Waals surface area contributed by atoms with Gasteiger partial charge in [0.1, 0.15) is 5.75 Å². The second kappa shape index (κ2) is 4.75. The molecule has 7 heteroatoms. The smallest absolute Gasteiger partial charge is 0.417 e. The van der Waals surface area contributed by atoms with E-state index in [0.29, 0.717) is 6.07 Å². The molecule has 0 spiro atoms. The molecule has 0 aliphatic heterocycles. The van der Waals surface area contributed by atoms with Crippen LogP contribution in [0, 0.1) is 0 Å². The number of hydrogen-bond acceptors (Lipinski definition) is 2. The summed E-state index contributed by atoms with van der Waals surface area (Å²) >= 11 is 5.47. The predicted octanol–water partition coefficient (Wildman–Crippen LogP) is 3.75. The van der Waals surface area contributed by atoms with Crippen LogP contribution in [-0.2, 0) is 6.18 Å². The van der Waals surface area contributed by atoms with Gasteiger partial charge >= 0.3 is 6.18 Å². The van der Waals surface area contributed by atoms with Crippen molar-refractivity contribution in [1.82, 2.24) is 0 Å². The van der Waals surface area contributed by atoms with E-state index in [-0.39, 0.29) is 10.9 Å². The summed E-state index contributed by atoms with van der Waals surface area (Å²) < 4.78 is 37.1. The molecule has 88 valence electrons. The number of phenolic OH excluding ortho intramolecular Hbond substituents is 1. The third-order valence-corrected chi connectivity index (χ3v) is 3.14. The Labute approximate surface area is 106 Å². The van der Waals surface area contributed by atoms with E-state index in [9.17, 15) is 23.1 Å². The van der Waals surface area contributed by atoms with Gasteiger partial charge in [-0.3, -0.25) is 4.79 Å². The molecule has 1 aromatic rings. The quantitative estimate of drug-likeness (QED) is 0.643. The molecule has 0 saturated heterocycles. The number of rotatable bonds is 2. The largest absolute Gasteiger partial charge is 0.507 e. The lowest BCUT2D eigenvalue weighted by Gasteiger charge is -2.11. The summed E-state index contributed by atoms with van der Waals surface area (Å²) in [5.74, 6) is -1.15. The zero-order valence-electron chi connectivity index (χ0n) is 7.61. The van der Waals surface area contributed by atoms with Crippen molar-refractivity contribution < 1.29 is 23.1 Å². The maximum atomic E-state index is 12.5. The highest BCUT2D eigenvalue weighted by atomic mass is 79.9. The molecule has 0 saturated carbocycles. The van der Waals surface area contributed by atoms with E-state index in [0.717, 1.165) is 6.07 Å². The molecule has 1 aromatic carbocycles. The van der Waals surface area contributed by atoms with Gasteiger partial charge in [0.05, 0.1) is 15.4 Å². The van der Waals surface area contributed by atoms with Crippen molar-refractivity contribution in [2.75, 3.05) is 5.33 Å². The van der Waals surface area contributed by atoms with E-state index in [4.69, 9.17) is 0 Å². The Balaban J connectivity index is 3.39. The van der Waals surface area contributed by atoms with Crippen molar-refractivity contribution in [2.45, 2.75) is 6.18 Å². The molecule has 0 atom stereocenters. The molecule has 0 fully saturated rings. The number of aromatic hydroxyl groups is 1. The highest BCUT2D eigenvalue weighted by molar-refractivity contribution is 9.10. The van der Waals surface area contributed by atoms with E-state index in [1.54, 1.807) is 0 Å². The van der Waals surface area contributed by atoms with Gasteiger partial charge in [-0.15, -0.1) is 0 Å². The Morgan fingerprint density at radius 1 is 1.38 bits per heavy atom. The average Bonchev–Trinajstić information content (AvgIpc) is 2.18. The second-order valence-electron chi connectivity index (χ2n) is 2.91. The Bertz CT molecular complexity index is 429. The molecule has 0 aliphatic rings. The molecule has 0 aromatic heterocycles. The van der Waals surface area contributed by atoms with Crippen LogP contribution in [0.1, 0.15) is 15.9 Å². The van der Waals surface area contributed by atoms with E-state index in [1.807, 2.05) is 0 Å². The number of carbonyl (C=O) groups excluding carboxylic acids is 1. The Morgan fingerprint density at radius 2 is 1.94 bits per heavy atom. The third kappa shape index (κ3) is 2.76. The Hall–Kier alpha value is -0.560. The number of hydrogen-bond donors (Lipinski definition) is 1. The molecule has 1 rings (SSSR count). The molecular formula is C9H5Br2F3O2. The predicted molar refractivity (Wildman–Crippen MR) is 58.9 cm³/mol. The number of carbonyl (C=O) groups is 1. The fraction of sp³-hybridized carbons (Fsp3) is 0.222. The van der Waals surface area contributed by atoms with Gasteiger partial charge in [0, 0.05) is 5.56 Å². The van der Waals surface area contributed by atoms with E-state index < -0.39 is 27.7 Å². The summed E-state index contributed by atoms with van der Waals surface area (Å²) in [6.07, 6.45) is -4.63. The van der Waals surface area contributed by atoms with Crippen LogP contribution in [0.15, 0.2) is 16.6 Å².